The Labute approximate surface area is 167 Å². The van der Waals surface area contributed by atoms with Gasteiger partial charge in [-0.3, -0.25) is 0 Å². The zero-order valence-electron chi connectivity index (χ0n) is 15.4. The van der Waals surface area contributed by atoms with E-state index in [-0.39, 0.29) is 18.2 Å². The number of carbonyl (C=O) groups excluding carboxylic acids is 1. The number of anilines is 2. The van der Waals surface area contributed by atoms with Gasteiger partial charge in [-0.1, -0.05) is 0 Å². The number of benzene rings is 1. The van der Waals surface area contributed by atoms with Gasteiger partial charge in [-0.2, -0.15) is 13.2 Å². The lowest BCUT2D eigenvalue weighted by Crippen LogP contribution is -2.34. The monoisotopic (exact) mass is 432 g/mol. The number of amides is 1. The van der Waals surface area contributed by atoms with Gasteiger partial charge in [0, 0.05) is 31.5 Å². The molecule has 0 spiro atoms. The van der Waals surface area contributed by atoms with Crippen molar-refractivity contribution >= 4 is 17.7 Å². The van der Waals surface area contributed by atoms with E-state index in [0.29, 0.717) is 25.5 Å². The molecule has 1 aromatic heterocycles. The molecule has 1 amide bonds. The lowest BCUT2D eigenvalue weighted by molar-refractivity contribution is -0.142. The van der Waals surface area contributed by atoms with Gasteiger partial charge in [0.2, 0.25) is 5.95 Å². The van der Waals surface area contributed by atoms with E-state index in [4.69, 9.17) is 9.47 Å². The number of ether oxygens (including phenoxy) is 2. The smallest absolute Gasteiger partial charge is 0.406 e. The molecule has 1 aromatic carbocycles. The van der Waals surface area contributed by atoms with Gasteiger partial charge in [-0.25, -0.2) is 23.5 Å². The molecular weight excluding hydrogens is 415 g/mol. The van der Waals surface area contributed by atoms with Crippen LogP contribution in [0.2, 0.25) is 0 Å². The highest BCUT2D eigenvalue weighted by Gasteiger charge is 2.38. The predicted octanol–water partition coefficient (Wildman–Crippen LogP) is 4.03. The summed E-state index contributed by atoms with van der Waals surface area (Å²) in [7, 11) is 0. The minimum Gasteiger partial charge on any atom is -0.406 e. The molecule has 0 unspecified atom stereocenters. The van der Waals surface area contributed by atoms with Gasteiger partial charge in [0.25, 0.3) is 0 Å². The first-order valence-electron chi connectivity index (χ1n) is 8.91. The summed E-state index contributed by atoms with van der Waals surface area (Å²) in [5.74, 6) is -3.21. The van der Waals surface area contributed by atoms with Crippen molar-refractivity contribution in [1.29, 1.82) is 0 Å². The highest BCUT2D eigenvalue weighted by molar-refractivity contribution is 5.70. The second-order valence-corrected chi connectivity index (χ2v) is 6.51. The third-order valence-electron chi connectivity index (χ3n) is 4.22. The Balaban J connectivity index is 1.71. The molecule has 2 N–H and O–H groups in total. The van der Waals surface area contributed by atoms with Crippen LogP contribution in [0.1, 0.15) is 18.5 Å². The number of alkyl halides is 3. The normalized spacial score (nSPS) is 15.0. The minimum atomic E-state index is -4.97. The van der Waals surface area contributed by atoms with Gasteiger partial charge < -0.3 is 20.1 Å². The van der Waals surface area contributed by atoms with E-state index in [2.05, 4.69) is 20.6 Å². The van der Waals surface area contributed by atoms with Crippen LogP contribution in [0.15, 0.2) is 24.4 Å². The van der Waals surface area contributed by atoms with E-state index < -0.39 is 41.3 Å². The van der Waals surface area contributed by atoms with Crippen LogP contribution in [-0.4, -0.2) is 35.8 Å². The van der Waals surface area contributed by atoms with Crippen LogP contribution in [-0.2, 0) is 10.9 Å². The van der Waals surface area contributed by atoms with Crippen molar-refractivity contribution in [3.63, 3.8) is 0 Å². The maximum atomic E-state index is 13.4. The Hall–Kier alpha value is -3.02. The minimum absolute atomic E-state index is 0.142. The number of nitrogens with zero attached hydrogens (tertiary/aromatic N) is 2. The van der Waals surface area contributed by atoms with Crippen molar-refractivity contribution in [2.24, 2.45) is 5.92 Å². The van der Waals surface area contributed by atoms with Crippen molar-refractivity contribution in [2.45, 2.75) is 19.0 Å². The summed E-state index contributed by atoms with van der Waals surface area (Å²) in [6.45, 7) is 1.34. The van der Waals surface area contributed by atoms with Gasteiger partial charge >= 0.3 is 12.3 Å². The zero-order valence-corrected chi connectivity index (χ0v) is 15.4. The number of nitrogens with one attached hydrogen (secondary N) is 2. The Morgan fingerprint density at radius 1 is 1.17 bits per heavy atom. The fourth-order valence-corrected chi connectivity index (χ4v) is 2.78. The molecule has 1 aliphatic rings. The summed E-state index contributed by atoms with van der Waals surface area (Å²) < 4.78 is 76.5. The van der Waals surface area contributed by atoms with Crippen LogP contribution in [0.4, 0.5) is 38.4 Å². The molecule has 162 valence electrons. The van der Waals surface area contributed by atoms with Crippen molar-refractivity contribution < 1.29 is 36.2 Å². The SMILES string of the molecule is O=C(NCC1CCOCC1)Oc1cnc(Nc2cc(F)cc(F)c2)nc1C(F)(F)F. The van der Waals surface area contributed by atoms with Crippen LogP contribution >= 0.6 is 0 Å². The van der Waals surface area contributed by atoms with E-state index >= 15 is 0 Å². The summed E-state index contributed by atoms with van der Waals surface area (Å²) >= 11 is 0. The van der Waals surface area contributed by atoms with Gasteiger partial charge in [0.1, 0.15) is 11.6 Å². The molecule has 1 fully saturated rings. The maximum Gasteiger partial charge on any atom is 0.437 e. The van der Waals surface area contributed by atoms with Crippen molar-refractivity contribution in [1.82, 2.24) is 15.3 Å². The third kappa shape index (κ3) is 5.99. The number of rotatable bonds is 5. The third-order valence-corrected chi connectivity index (χ3v) is 4.22. The predicted molar refractivity (Wildman–Crippen MR) is 94.2 cm³/mol. The molecule has 0 radical (unpaired) electrons. The van der Waals surface area contributed by atoms with Crippen LogP contribution < -0.4 is 15.4 Å². The van der Waals surface area contributed by atoms with Crippen molar-refractivity contribution in [3.8, 4) is 5.75 Å². The Morgan fingerprint density at radius 2 is 1.83 bits per heavy atom. The first-order valence-corrected chi connectivity index (χ1v) is 8.91. The second kappa shape index (κ2) is 9.20. The molecule has 1 aliphatic heterocycles. The molecule has 30 heavy (non-hydrogen) atoms. The number of carbonyl (C=O) groups is 1. The van der Waals surface area contributed by atoms with E-state index in [9.17, 15) is 26.7 Å². The molecule has 12 heteroatoms. The van der Waals surface area contributed by atoms with Gasteiger partial charge in [-0.15, -0.1) is 0 Å². The lowest BCUT2D eigenvalue weighted by Gasteiger charge is -2.22. The molecular formula is C18H17F5N4O3. The summed E-state index contributed by atoms with van der Waals surface area (Å²) in [5.41, 5.74) is -1.71. The summed E-state index contributed by atoms with van der Waals surface area (Å²) in [5, 5.41) is 4.68. The Kier molecular flexibility index (Phi) is 6.65. The Bertz CT molecular complexity index is 884. The van der Waals surface area contributed by atoms with Crippen LogP contribution in [0.5, 0.6) is 5.75 Å². The standard InChI is InChI=1S/C18H17F5N4O3/c19-11-5-12(20)7-13(6-11)26-16-24-9-14(15(27-16)18(21,22)23)30-17(28)25-8-10-1-3-29-4-2-10/h5-7,9-10H,1-4,8H2,(H,25,28)(H,24,26,27). The van der Waals surface area contributed by atoms with Gasteiger partial charge in [-0.05, 0) is 30.9 Å². The second-order valence-electron chi connectivity index (χ2n) is 6.51. The average molecular weight is 432 g/mol. The van der Waals surface area contributed by atoms with Crippen LogP contribution in [0.3, 0.4) is 0 Å². The first kappa shape index (κ1) is 21.7. The molecule has 2 aromatic rings. The highest BCUT2D eigenvalue weighted by Crippen LogP contribution is 2.35. The fourth-order valence-electron chi connectivity index (χ4n) is 2.78. The fraction of sp³-hybridized carbons (Fsp3) is 0.389. The summed E-state index contributed by atoms with van der Waals surface area (Å²) in [6, 6.07) is 2.31. The number of hydrogen-bond donors (Lipinski definition) is 2. The molecule has 2 heterocycles. The molecule has 7 nitrogen and oxygen atoms in total. The maximum absolute atomic E-state index is 13.4. The molecule has 0 saturated carbocycles. The van der Waals surface area contributed by atoms with E-state index in [1.54, 1.807) is 0 Å². The highest BCUT2D eigenvalue weighted by atomic mass is 19.4. The van der Waals surface area contributed by atoms with Gasteiger partial charge in [0.05, 0.1) is 6.20 Å². The van der Waals surface area contributed by atoms with E-state index in [1.807, 2.05) is 0 Å². The molecule has 1 saturated heterocycles. The van der Waals surface area contributed by atoms with Crippen LogP contribution in [0.25, 0.3) is 0 Å². The average Bonchev–Trinajstić information content (AvgIpc) is 2.67. The first-order chi connectivity index (χ1) is 14.2. The molecule has 0 atom stereocenters. The quantitative estimate of drug-likeness (QED) is 0.694. The number of aromatic nitrogens is 2. The largest absolute Gasteiger partial charge is 0.437 e. The Morgan fingerprint density at radius 3 is 2.47 bits per heavy atom. The van der Waals surface area contributed by atoms with E-state index in [0.717, 1.165) is 25.0 Å². The number of halogens is 5. The van der Waals surface area contributed by atoms with Gasteiger partial charge in [0.15, 0.2) is 11.4 Å². The molecule has 3 rings (SSSR count). The number of hydrogen-bond acceptors (Lipinski definition) is 6. The summed E-state index contributed by atoms with van der Waals surface area (Å²) in [6.07, 6.45) is -3.95. The van der Waals surface area contributed by atoms with Crippen LogP contribution in [0, 0.1) is 17.6 Å². The van der Waals surface area contributed by atoms with Crippen molar-refractivity contribution in [2.75, 3.05) is 25.1 Å². The zero-order chi connectivity index (χ0) is 21.7. The molecule has 0 aliphatic carbocycles. The summed E-state index contributed by atoms with van der Waals surface area (Å²) in [4.78, 5) is 18.8. The lowest BCUT2D eigenvalue weighted by atomic mass is 10.0. The van der Waals surface area contributed by atoms with E-state index in [1.165, 1.54) is 0 Å². The van der Waals surface area contributed by atoms with Crippen molar-refractivity contribution in [3.05, 3.63) is 41.7 Å². The molecule has 0 bridgehead atoms. The topological polar surface area (TPSA) is 85.4 Å².